The fourth-order valence-electron chi connectivity index (χ4n) is 1.03. The summed E-state index contributed by atoms with van der Waals surface area (Å²) in [5.74, 6) is 0.250. The minimum atomic E-state index is -0.827. The van der Waals surface area contributed by atoms with Gasteiger partial charge in [-0.25, -0.2) is 4.79 Å². The smallest absolute Gasteiger partial charge is 0.423 e. The number of halogens is 1. The van der Waals surface area contributed by atoms with E-state index in [-0.39, 0.29) is 16.1 Å². The van der Waals surface area contributed by atoms with Gasteiger partial charge in [0.25, 0.3) is 5.69 Å². The maximum absolute atomic E-state index is 11.0. The van der Waals surface area contributed by atoms with Crippen LogP contribution in [-0.2, 0) is 4.74 Å². The maximum atomic E-state index is 11.0. The number of ether oxygens (including phenoxy) is 2. The second-order valence-electron chi connectivity index (χ2n) is 2.81. The Morgan fingerprint density at radius 2 is 2.25 bits per heavy atom. The van der Waals surface area contributed by atoms with Crippen LogP contribution < -0.4 is 4.74 Å². The zero-order valence-electron chi connectivity index (χ0n) is 8.31. The number of nitrogens with zero attached hydrogens (tertiary/aromatic N) is 1. The third kappa shape index (κ3) is 3.33. The van der Waals surface area contributed by atoms with Crippen LogP contribution >= 0.6 is 22.6 Å². The molecule has 0 heterocycles. The molecule has 0 fully saturated rings. The zero-order chi connectivity index (χ0) is 12.1. The van der Waals surface area contributed by atoms with Crippen LogP contribution in [0.25, 0.3) is 0 Å². The van der Waals surface area contributed by atoms with E-state index in [2.05, 4.69) is 4.74 Å². The topological polar surface area (TPSA) is 78.7 Å². The Morgan fingerprint density at radius 1 is 1.56 bits per heavy atom. The Bertz CT molecular complexity index is 420. The van der Waals surface area contributed by atoms with Crippen molar-refractivity contribution in [1.82, 2.24) is 0 Å². The number of nitro benzene ring substituents is 1. The lowest BCUT2D eigenvalue weighted by Crippen LogP contribution is -2.10. The summed E-state index contributed by atoms with van der Waals surface area (Å²) in [6.45, 7) is 1.61. The molecule has 86 valence electrons. The van der Waals surface area contributed by atoms with Crippen molar-refractivity contribution in [3.63, 3.8) is 0 Å². The first-order chi connectivity index (χ1) is 7.54. The summed E-state index contributed by atoms with van der Waals surface area (Å²) in [5, 5.41) is 10.5. The molecule has 0 saturated carbocycles. The summed E-state index contributed by atoms with van der Waals surface area (Å²) in [6.07, 6.45) is -0.827. The van der Waals surface area contributed by atoms with Gasteiger partial charge in [-0.3, -0.25) is 10.1 Å². The molecule has 1 rings (SSSR count). The Kier molecular flexibility index (Phi) is 4.47. The summed E-state index contributed by atoms with van der Waals surface area (Å²) in [5.41, 5.74) is 0.451. The lowest BCUT2D eigenvalue weighted by atomic mass is 10.2. The van der Waals surface area contributed by atoms with Crippen LogP contribution in [0.15, 0.2) is 18.2 Å². The van der Waals surface area contributed by atoms with Gasteiger partial charge in [0.1, 0.15) is 10.4 Å². The van der Waals surface area contributed by atoms with Crippen LogP contribution in [-0.4, -0.2) is 15.7 Å². The van der Waals surface area contributed by atoms with Gasteiger partial charge in [0.05, 0.1) is 4.92 Å². The summed E-state index contributed by atoms with van der Waals surface area (Å²) in [7, 11) is 0. The van der Waals surface area contributed by atoms with E-state index in [1.54, 1.807) is 6.92 Å². The van der Waals surface area contributed by atoms with Gasteiger partial charge in [0, 0.05) is 12.1 Å². The Morgan fingerprint density at radius 3 is 2.75 bits per heavy atom. The molecule has 0 spiro atoms. The summed E-state index contributed by atoms with van der Waals surface area (Å²) in [6, 6.07) is 3.95. The predicted molar refractivity (Wildman–Crippen MR) is 63.8 cm³/mol. The highest BCUT2D eigenvalue weighted by Gasteiger charge is 2.12. The summed E-state index contributed by atoms with van der Waals surface area (Å²) < 4.78 is 9.59. The summed E-state index contributed by atoms with van der Waals surface area (Å²) in [4.78, 5) is 20.9. The van der Waals surface area contributed by atoms with Crippen molar-refractivity contribution in [2.24, 2.45) is 0 Å². The van der Waals surface area contributed by atoms with E-state index >= 15 is 0 Å². The highest BCUT2D eigenvalue weighted by atomic mass is 127. The molecule has 0 amide bonds. The van der Waals surface area contributed by atoms with Gasteiger partial charge < -0.3 is 9.47 Å². The SMILES string of the molecule is Cc1cc([N+](=O)[O-])ccc1OC(=O)OCI. The third-order valence-electron chi connectivity index (χ3n) is 1.74. The number of hydrogen-bond acceptors (Lipinski definition) is 5. The largest absolute Gasteiger partial charge is 0.514 e. The number of nitro groups is 1. The molecule has 0 atom stereocenters. The average molecular weight is 337 g/mol. The average Bonchev–Trinajstić information content (AvgIpc) is 2.21. The molecule has 0 aliphatic heterocycles. The minimum Gasteiger partial charge on any atom is -0.423 e. The van der Waals surface area contributed by atoms with Crippen LogP contribution in [0.4, 0.5) is 10.5 Å². The maximum Gasteiger partial charge on any atom is 0.514 e. The van der Waals surface area contributed by atoms with Crippen molar-refractivity contribution < 1.29 is 19.2 Å². The van der Waals surface area contributed by atoms with E-state index in [0.717, 1.165) is 0 Å². The van der Waals surface area contributed by atoms with Crippen LogP contribution in [0.1, 0.15) is 5.56 Å². The van der Waals surface area contributed by atoms with Gasteiger partial charge in [0.2, 0.25) is 0 Å². The molecule has 0 radical (unpaired) electrons. The fourth-order valence-corrected chi connectivity index (χ4v) is 1.28. The Balaban J connectivity index is 2.83. The van der Waals surface area contributed by atoms with Gasteiger partial charge in [-0.1, -0.05) is 0 Å². The number of benzene rings is 1. The van der Waals surface area contributed by atoms with E-state index in [4.69, 9.17) is 4.74 Å². The number of rotatable bonds is 3. The monoisotopic (exact) mass is 337 g/mol. The van der Waals surface area contributed by atoms with Gasteiger partial charge in [-0.15, -0.1) is 0 Å². The molecule has 6 nitrogen and oxygen atoms in total. The van der Waals surface area contributed by atoms with Crippen molar-refractivity contribution in [2.45, 2.75) is 6.92 Å². The molecule has 0 unspecified atom stereocenters. The first-order valence-electron chi connectivity index (χ1n) is 4.20. The molecule has 0 aliphatic rings. The molecule has 0 N–H and O–H groups in total. The van der Waals surface area contributed by atoms with E-state index < -0.39 is 11.1 Å². The molecule has 0 aromatic heterocycles. The zero-order valence-corrected chi connectivity index (χ0v) is 10.5. The van der Waals surface area contributed by atoms with Gasteiger partial charge >= 0.3 is 6.16 Å². The number of carbonyl (C=O) groups excluding carboxylic acids is 1. The first kappa shape index (κ1) is 12.7. The lowest BCUT2D eigenvalue weighted by molar-refractivity contribution is -0.384. The number of alkyl halides is 1. The number of hydrogen-bond donors (Lipinski definition) is 0. The molecule has 0 saturated heterocycles. The molecule has 16 heavy (non-hydrogen) atoms. The van der Waals surface area contributed by atoms with E-state index in [1.807, 2.05) is 22.6 Å². The third-order valence-corrected chi connectivity index (χ3v) is 2.05. The second kappa shape index (κ2) is 5.64. The van der Waals surface area contributed by atoms with Crippen molar-refractivity contribution in [2.75, 3.05) is 4.61 Å². The van der Waals surface area contributed by atoms with Crippen LogP contribution in [0.2, 0.25) is 0 Å². The molecular formula is C9H8INO5. The molecule has 0 aliphatic carbocycles. The van der Waals surface area contributed by atoms with Gasteiger partial charge in [0.15, 0.2) is 0 Å². The Labute approximate surface area is 105 Å². The summed E-state index contributed by atoms with van der Waals surface area (Å²) >= 11 is 1.86. The first-order valence-corrected chi connectivity index (χ1v) is 5.72. The quantitative estimate of drug-likeness (QED) is 0.212. The van der Waals surface area contributed by atoms with Gasteiger partial charge in [-0.05, 0) is 41.1 Å². The number of aryl methyl sites for hydroxylation is 1. The van der Waals surface area contributed by atoms with Crippen LogP contribution in [0.5, 0.6) is 5.75 Å². The highest BCUT2D eigenvalue weighted by Crippen LogP contribution is 2.23. The standard InChI is InChI=1S/C9H8INO5/c1-6-4-7(11(13)14)2-3-8(6)16-9(12)15-5-10/h2-4H,5H2,1H3. The van der Waals surface area contributed by atoms with Gasteiger partial charge in [-0.2, -0.15) is 0 Å². The second-order valence-corrected chi connectivity index (χ2v) is 3.44. The molecule has 1 aromatic rings. The highest BCUT2D eigenvalue weighted by molar-refractivity contribution is 14.1. The normalized spacial score (nSPS) is 9.62. The lowest BCUT2D eigenvalue weighted by Gasteiger charge is -2.05. The van der Waals surface area contributed by atoms with Crippen LogP contribution in [0.3, 0.4) is 0 Å². The van der Waals surface area contributed by atoms with Crippen molar-refractivity contribution in [3.8, 4) is 5.75 Å². The fraction of sp³-hybridized carbons (Fsp3) is 0.222. The van der Waals surface area contributed by atoms with Crippen molar-refractivity contribution in [3.05, 3.63) is 33.9 Å². The Hall–Kier alpha value is -1.38. The van der Waals surface area contributed by atoms with Crippen LogP contribution in [0, 0.1) is 17.0 Å². The van der Waals surface area contributed by atoms with E-state index in [1.165, 1.54) is 18.2 Å². The molecular weight excluding hydrogens is 329 g/mol. The molecule has 0 bridgehead atoms. The van der Waals surface area contributed by atoms with Crippen molar-refractivity contribution >= 4 is 34.4 Å². The van der Waals surface area contributed by atoms with E-state index in [0.29, 0.717) is 5.56 Å². The molecule has 1 aromatic carbocycles. The van der Waals surface area contributed by atoms with E-state index in [9.17, 15) is 14.9 Å². The van der Waals surface area contributed by atoms with Crippen molar-refractivity contribution in [1.29, 1.82) is 0 Å². The molecule has 7 heteroatoms. The minimum absolute atomic E-state index is 0.0490. The predicted octanol–water partition coefficient (Wildman–Crippen LogP) is 2.81. The number of non-ortho nitro benzene ring substituents is 1. The number of carbonyl (C=O) groups is 1.